The Morgan fingerprint density at radius 3 is 2.67 bits per heavy atom. The zero-order valence-corrected chi connectivity index (χ0v) is 24.6. The van der Waals surface area contributed by atoms with Crippen LogP contribution < -0.4 is 19.9 Å². The second-order valence-electron chi connectivity index (χ2n) is 10.8. The number of pyridine rings is 1. The Morgan fingerprint density at radius 2 is 1.95 bits per heavy atom. The van der Waals surface area contributed by atoms with Gasteiger partial charge in [0.05, 0.1) is 43.0 Å². The quantitative estimate of drug-likeness (QED) is 0.318. The van der Waals surface area contributed by atoms with Crippen molar-refractivity contribution in [1.29, 1.82) is 10.5 Å². The number of hydrogen-bond acceptors (Lipinski definition) is 8. The minimum atomic E-state index is -0.345. The monoisotopic (exact) mass is 577 g/mol. The number of aromatic nitrogens is 1. The smallest absolute Gasteiger partial charge is 0.246 e. The van der Waals surface area contributed by atoms with E-state index in [1.807, 2.05) is 0 Å². The van der Waals surface area contributed by atoms with E-state index in [1.165, 1.54) is 29.3 Å². The minimum Gasteiger partial charge on any atom is -0.475 e. The lowest BCUT2D eigenvalue weighted by atomic mass is 9.95. The molecule has 10 heteroatoms. The lowest BCUT2D eigenvalue weighted by Gasteiger charge is -2.43. The zero-order chi connectivity index (χ0) is 30.5. The average Bonchev–Trinajstić information content (AvgIpc) is 3.01. The first kappa shape index (κ1) is 29.4. The molecule has 2 amide bonds. The second-order valence-corrected chi connectivity index (χ2v) is 10.8. The number of nitrogens with one attached hydrogen (secondary N) is 1. The number of amides is 2. The van der Waals surface area contributed by atoms with E-state index < -0.39 is 0 Å². The van der Waals surface area contributed by atoms with Gasteiger partial charge in [-0.25, -0.2) is 4.98 Å². The van der Waals surface area contributed by atoms with Crippen LogP contribution in [-0.4, -0.2) is 67.1 Å². The van der Waals surface area contributed by atoms with Crippen LogP contribution in [0.3, 0.4) is 0 Å². The van der Waals surface area contributed by atoms with E-state index in [2.05, 4.69) is 77.2 Å². The summed E-state index contributed by atoms with van der Waals surface area (Å²) < 4.78 is 6.03. The molecule has 0 saturated carbocycles. The Kier molecular flexibility index (Phi) is 8.77. The Morgan fingerprint density at radius 1 is 1.16 bits per heavy atom. The molecule has 2 aromatic carbocycles. The predicted molar refractivity (Wildman–Crippen MR) is 165 cm³/mol. The molecule has 0 spiro atoms. The first-order valence-corrected chi connectivity index (χ1v) is 14.5. The van der Waals surface area contributed by atoms with Crippen molar-refractivity contribution in [2.24, 2.45) is 0 Å². The highest BCUT2D eigenvalue weighted by Gasteiger charge is 2.35. The molecule has 0 unspecified atom stereocenters. The molecule has 2 aliphatic heterocycles. The molecule has 3 aromatic rings. The van der Waals surface area contributed by atoms with Crippen molar-refractivity contribution < 1.29 is 14.3 Å². The van der Waals surface area contributed by atoms with Gasteiger partial charge < -0.3 is 24.8 Å². The average molecular weight is 578 g/mol. The van der Waals surface area contributed by atoms with E-state index in [9.17, 15) is 20.1 Å². The highest BCUT2D eigenvalue weighted by molar-refractivity contribution is 5.97. The van der Waals surface area contributed by atoms with Crippen LogP contribution in [0.5, 0.6) is 5.88 Å². The molecule has 1 N–H and O–H groups in total. The van der Waals surface area contributed by atoms with Crippen LogP contribution >= 0.6 is 0 Å². The third kappa shape index (κ3) is 5.96. The van der Waals surface area contributed by atoms with Crippen molar-refractivity contribution in [1.82, 2.24) is 15.2 Å². The molecule has 10 nitrogen and oxygen atoms in total. The summed E-state index contributed by atoms with van der Waals surface area (Å²) in [7, 11) is 0. The number of rotatable bonds is 8. The summed E-state index contributed by atoms with van der Waals surface area (Å²) in [4.78, 5) is 34.9. The summed E-state index contributed by atoms with van der Waals surface area (Å²) in [5, 5.41) is 25.0. The van der Waals surface area contributed by atoms with E-state index in [0.29, 0.717) is 38.2 Å². The van der Waals surface area contributed by atoms with Gasteiger partial charge in [0.2, 0.25) is 17.7 Å². The molecule has 0 radical (unpaired) electrons. The van der Waals surface area contributed by atoms with Crippen LogP contribution in [0.25, 0.3) is 10.8 Å². The second kappa shape index (κ2) is 12.8. The fraction of sp³-hybridized carbons (Fsp3) is 0.364. The molecule has 1 fully saturated rings. The normalized spacial score (nSPS) is 16.2. The van der Waals surface area contributed by atoms with E-state index in [4.69, 9.17) is 9.72 Å². The number of fused-ring (bicyclic) bond motifs is 2. The van der Waals surface area contributed by atoms with Crippen LogP contribution in [0.15, 0.2) is 49.1 Å². The summed E-state index contributed by atoms with van der Waals surface area (Å²) in [5.41, 5.74) is 5.22. The molecule has 3 heterocycles. The number of carbonyl (C=O) groups is 2. The maximum absolute atomic E-state index is 12.5. The van der Waals surface area contributed by atoms with Gasteiger partial charge in [0.25, 0.3) is 0 Å². The van der Waals surface area contributed by atoms with E-state index in [-0.39, 0.29) is 43.3 Å². The molecule has 1 aromatic heterocycles. The van der Waals surface area contributed by atoms with Gasteiger partial charge in [-0.2, -0.15) is 10.5 Å². The van der Waals surface area contributed by atoms with Crippen molar-refractivity contribution in [3.63, 3.8) is 0 Å². The zero-order valence-electron chi connectivity index (χ0n) is 24.6. The van der Waals surface area contributed by atoms with Gasteiger partial charge >= 0.3 is 0 Å². The molecular weight excluding hydrogens is 542 g/mol. The summed E-state index contributed by atoms with van der Waals surface area (Å²) in [6.07, 6.45) is 2.11. The van der Waals surface area contributed by atoms with E-state index in [1.54, 1.807) is 4.90 Å². The van der Waals surface area contributed by atoms with Crippen LogP contribution in [0.1, 0.15) is 35.7 Å². The van der Waals surface area contributed by atoms with E-state index in [0.717, 1.165) is 29.2 Å². The highest BCUT2D eigenvalue weighted by atomic mass is 16.5. The van der Waals surface area contributed by atoms with Crippen molar-refractivity contribution >= 4 is 34.0 Å². The van der Waals surface area contributed by atoms with Crippen LogP contribution in [0.4, 0.5) is 11.4 Å². The fourth-order valence-corrected chi connectivity index (χ4v) is 6.18. The third-order valence-electron chi connectivity index (χ3n) is 8.14. The summed E-state index contributed by atoms with van der Waals surface area (Å²) in [6.45, 7) is 10.2. The topological polar surface area (TPSA) is 126 Å². The fourth-order valence-electron chi connectivity index (χ4n) is 6.18. The Bertz CT molecular complexity index is 1650. The molecule has 43 heavy (non-hydrogen) atoms. The van der Waals surface area contributed by atoms with Crippen molar-refractivity contribution in [3.05, 3.63) is 71.4 Å². The van der Waals surface area contributed by atoms with Crippen LogP contribution in [-0.2, 0) is 22.6 Å². The molecule has 0 aliphatic carbocycles. The summed E-state index contributed by atoms with van der Waals surface area (Å²) in [6, 6.07) is 16.8. The SMILES string of the molecule is C=CC(=O)N1CCN(c2c(C#N)c(OCCNC(C)=O)nc3c2CCN(c2cccc4cccc(C)c24)C3)C[C@@H]1CC#N. The van der Waals surface area contributed by atoms with Gasteiger partial charge in [-0.05, 0) is 36.4 Å². The van der Waals surface area contributed by atoms with Crippen LogP contribution in [0, 0.1) is 29.6 Å². The van der Waals surface area contributed by atoms with Crippen molar-refractivity contribution in [2.75, 3.05) is 49.1 Å². The minimum absolute atomic E-state index is 0.157. The Balaban J connectivity index is 1.56. The number of ether oxygens (including phenoxy) is 1. The van der Waals surface area contributed by atoms with Crippen molar-refractivity contribution in [2.45, 2.75) is 39.3 Å². The first-order chi connectivity index (χ1) is 20.9. The largest absolute Gasteiger partial charge is 0.475 e. The molecular formula is C33H35N7O3. The number of nitriles is 2. The standard InChI is InChI=1S/C33H35N7O3/c1-4-30(42)40-17-16-39(20-25(40)11-13-34)32-26-12-15-38(29-10-6-9-24-8-5-7-22(2)31(24)29)21-28(26)37-33(27(32)19-35)43-18-14-36-23(3)41/h4-10,25H,1,11-12,14-18,20-21H2,2-3H3,(H,36,41)/t25-/m0/s1. The lowest BCUT2D eigenvalue weighted by molar-refractivity contribution is -0.128. The van der Waals surface area contributed by atoms with Gasteiger partial charge in [-0.1, -0.05) is 36.9 Å². The lowest BCUT2D eigenvalue weighted by Crippen LogP contribution is -2.55. The van der Waals surface area contributed by atoms with Gasteiger partial charge in [0.15, 0.2) is 0 Å². The molecule has 220 valence electrons. The molecule has 2 aliphatic rings. The molecule has 1 atom stereocenters. The summed E-state index contributed by atoms with van der Waals surface area (Å²) >= 11 is 0. The maximum atomic E-state index is 12.5. The molecule has 1 saturated heterocycles. The van der Waals surface area contributed by atoms with Crippen molar-refractivity contribution in [3.8, 4) is 18.0 Å². The van der Waals surface area contributed by atoms with E-state index >= 15 is 0 Å². The number of aryl methyl sites for hydroxylation is 1. The Labute approximate surface area is 251 Å². The third-order valence-corrected chi connectivity index (χ3v) is 8.14. The van der Waals surface area contributed by atoms with Gasteiger partial charge in [0, 0.05) is 49.7 Å². The number of nitrogens with zero attached hydrogens (tertiary/aromatic N) is 6. The highest BCUT2D eigenvalue weighted by Crippen LogP contribution is 2.39. The maximum Gasteiger partial charge on any atom is 0.246 e. The Hall–Kier alpha value is -5.09. The molecule has 0 bridgehead atoms. The molecule has 5 rings (SSSR count). The first-order valence-electron chi connectivity index (χ1n) is 14.5. The number of anilines is 2. The van der Waals surface area contributed by atoms with Gasteiger partial charge in [-0.15, -0.1) is 0 Å². The van der Waals surface area contributed by atoms with Crippen LogP contribution in [0.2, 0.25) is 0 Å². The van der Waals surface area contributed by atoms with Gasteiger partial charge in [-0.3, -0.25) is 9.59 Å². The predicted octanol–water partition coefficient (Wildman–Crippen LogP) is 3.61. The number of piperazine rings is 1. The number of benzene rings is 2. The number of carbonyl (C=O) groups excluding carboxylic acids is 2. The summed E-state index contributed by atoms with van der Waals surface area (Å²) in [5.74, 6) is -0.154. The van der Waals surface area contributed by atoms with Gasteiger partial charge in [0.1, 0.15) is 18.2 Å². The number of hydrogen-bond donors (Lipinski definition) is 1.